The van der Waals surface area contributed by atoms with Crippen LogP contribution in [0.15, 0.2) is 41.0 Å². The van der Waals surface area contributed by atoms with Crippen molar-refractivity contribution in [1.29, 1.82) is 0 Å². The van der Waals surface area contributed by atoms with Crippen molar-refractivity contribution in [1.82, 2.24) is 19.1 Å². The van der Waals surface area contributed by atoms with Crippen molar-refractivity contribution in [2.75, 3.05) is 0 Å². The zero-order valence-electron chi connectivity index (χ0n) is 10.6. The van der Waals surface area contributed by atoms with Gasteiger partial charge in [0.2, 0.25) is 10.0 Å². The molecule has 104 valence electrons. The molecule has 0 fully saturated rings. The van der Waals surface area contributed by atoms with E-state index in [9.17, 15) is 8.42 Å². The van der Waals surface area contributed by atoms with Crippen LogP contribution in [0.4, 0.5) is 0 Å². The zero-order valence-corrected chi connectivity index (χ0v) is 12.3. The van der Waals surface area contributed by atoms with E-state index in [0.29, 0.717) is 5.69 Å². The first-order valence-corrected chi connectivity index (χ1v) is 8.24. The van der Waals surface area contributed by atoms with Gasteiger partial charge in [0.1, 0.15) is 4.90 Å². The Balaban J connectivity index is 1.79. The van der Waals surface area contributed by atoms with Gasteiger partial charge in [0.05, 0.1) is 12.2 Å². The molecule has 0 atom stereocenters. The van der Waals surface area contributed by atoms with E-state index >= 15 is 0 Å². The lowest BCUT2D eigenvalue weighted by Crippen LogP contribution is -2.23. The van der Waals surface area contributed by atoms with Gasteiger partial charge in [-0.1, -0.05) is 0 Å². The number of rotatable bonds is 4. The van der Waals surface area contributed by atoms with E-state index in [1.54, 1.807) is 6.07 Å². The minimum atomic E-state index is -3.55. The number of aryl methyl sites for hydroxylation is 1. The Hall–Kier alpha value is -1.77. The van der Waals surface area contributed by atoms with E-state index in [4.69, 9.17) is 0 Å². The molecule has 0 spiro atoms. The molecule has 6 nitrogen and oxygen atoms in total. The van der Waals surface area contributed by atoms with Crippen LogP contribution in [0.2, 0.25) is 0 Å². The molecule has 0 aliphatic rings. The van der Waals surface area contributed by atoms with E-state index in [1.165, 1.54) is 29.8 Å². The fraction of sp³-hybridized carbons (Fsp3) is 0.167. The average molecular weight is 308 g/mol. The Labute approximate surface area is 120 Å². The summed E-state index contributed by atoms with van der Waals surface area (Å²) in [4.78, 5) is 9.19. The summed E-state index contributed by atoms with van der Waals surface area (Å²) < 4.78 is 28.6. The molecule has 0 aliphatic carbocycles. The average Bonchev–Trinajstić information content (AvgIpc) is 3.00. The number of pyridine rings is 1. The summed E-state index contributed by atoms with van der Waals surface area (Å²) in [5.41, 5.74) is 1.77. The molecular weight excluding hydrogens is 296 g/mol. The second-order valence-corrected chi connectivity index (χ2v) is 6.88. The quantitative estimate of drug-likeness (QED) is 0.794. The molecule has 1 N–H and O–H groups in total. The number of nitrogens with zero attached hydrogens (tertiary/aromatic N) is 3. The van der Waals surface area contributed by atoms with E-state index < -0.39 is 10.0 Å². The first-order chi connectivity index (χ1) is 9.56. The molecule has 0 aromatic carbocycles. The topological polar surface area (TPSA) is 76.4 Å². The lowest BCUT2D eigenvalue weighted by molar-refractivity contribution is 0.580. The van der Waals surface area contributed by atoms with Crippen LogP contribution in [-0.4, -0.2) is 22.8 Å². The second-order valence-electron chi connectivity index (χ2n) is 4.28. The van der Waals surface area contributed by atoms with Crippen LogP contribution in [0, 0.1) is 6.92 Å². The summed E-state index contributed by atoms with van der Waals surface area (Å²) >= 11 is 1.53. The Morgan fingerprint density at radius 1 is 1.45 bits per heavy atom. The normalized spacial score (nSPS) is 12.1. The SMILES string of the molecule is Cc1csc2nc(CNS(=O)(=O)c3cccnc3)cn12. The van der Waals surface area contributed by atoms with Crippen molar-refractivity contribution >= 4 is 26.3 Å². The molecule has 3 rings (SSSR count). The molecule has 3 aromatic heterocycles. The number of fused-ring (bicyclic) bond motifs is 1. The molecule has 0 bridgehead atoms. The largest absolute Gasteiger partial charge is 0.295 e. The maximum Gasteiger partial charge on any atom is 0.242 e. The minimum absolute atomic E-state index is 0.150. The monoisotopic (exact) mass is 308 g/mol. The van der Waals surface area contributed by atoms with Crippen LogP contribution in [0.1, 0.15) is 11.4 Å². The molecule has 0 amide bonds. The predicted octanol–water partition coefficient (Wildman–Crippen LogP) is 1.58. The van der Waals surface area contributed by atoms with Crippen molar-refractivity contribution in [3.05, 3.63) is 47.5 Å². The van der Waals surface area contributed by atoms with Crippen molar-refractivity contribution < 1.29 is 8.42 Å². The van der Waals surface area contributed by atoms with Gasteiger partial charge in [-0.05, 0) is 19.1 Å². The summed E-state index contributed by atoms with van der Waals surface area (Å²) in [6, 6.07) is 3.09. The van der Waals surface area contributed by atoms with Crippen molar-refractivity contribution in [3.63, 3.8) is 0 Å². The Morgan fingerprint density at radius 2 is 2.30 bits per heavy atom. The first-order valence-electron chi connectivity index (χ1n) is 5.88. The molecule has 8 heteroatoms. The van der Waals surface area contributed by atoms with E-state index in [-0.39, 0.29) is 11.4 Å². The van der Waals surface area contributed by atoms with Crippen LogP contribution in [0.3, 0.4) is 0 Å². The number of thiazole rings is 1. The van der Waals surface area contributed by atoms with Crippen LogP contribution in [-0.2, 0) is 16.6 Å². The standard InChI is InChI=1S/C12H12N4O2S2/c1-9-8-19-12-15-10(7-16(9)12)5-14-20(17,18)11-3-2-4-13-6-11/h2-4,6-8,14H,5H2,1H3. The van der Waals surface area contributed by atoms with Gasteiger partial charge in [-0.25, -0.2) is 18.1 Å². The highest BCUT2D eigenvalue weighted by atomic mass is 32.2. The maximum atomic E-state index is 12.0. The molecule has 3 heterocycles. The van der Waals surface area contributed by atoms with Crippen LogP contribution >= 0.6 is 11.3 Å². The van der Waals surface area contributed by atoms with Gasteiger partial charge in [-0.2, -0.15) is 0 Å². The summed E-state index contributed by atoms with van der Waals surface area (Å²) in [7, 11) is -3.55. The Kier molecular flexibility index (Phi) is 3.28. The maximum absolute atomic E-state index is 12.0. The lowest BCUT2D eigenvalue weighted by atomic mass is 10.5. The summed E-state index contributed by atoms with van der Waals surface area (Å²) in [5.74, 6) is 0. The fourth-order valence-electron chi connectivity index (χ4n) is 1.78. The van der Waals surface area contributed by atoms with Crippen LogP contribution in [0.25, 0.3) is 4.96 Å². The molecule has 20 heavy (non-hydrogen) atoms. The number of hydrogen-bond acceptors (Lipinski definition) is 5. The molecule has 0 unspecified atom stereocenters. The smallest absolute Gasteiger partial charge is 0.242 e. The molecule has 0 aliphatic heterocycles. The molecule has 0 radical (unpaired) electrons. The van der Waals surface area contributed by atoms with Gasteiger partial charge >= 0.3 is 0 Å². The molecule has 0 saturated carbocycles. The second kappa shape index (κ2) is 4.97. The number of hydrogen-bond donors (Lipinski definition) is 1. The van der Waals surface area contributed by atoms with Crippen molar-refractivity contribution in [3.8, 4) is 0 Å². The fourth-order valence-corrected chi connectivity index (χ4v) is 3.62. The first kappa shape index (κ1) is 13.2. The highest BCUT2D eigenvalue weighted by Crippen LogP contribution is 2.16. The van der Waals surface area contributed by atoms with Gasteiger partial charge in [-0.15, -0.1) is 11.3 Å². The third-order valence-electron chi connectivity index (χ3n) is 2.83. The van der Waals surface area contributed by atoms with E-state index in [2.05, 4.69) is 14.7 Å². The summed E-state index contributed by atoms with van der Waals surface area (Å²) in [5, 5.41) is 2.01. The van der Waals surface area contributed by atoms with Crippen molar-refractivity contribution in [2.24, 2.45) is 0 Å². The number of imidazole rings is 1. The number of sulfonamides is 1. The predicted molar refractivity (Wildman–Crippen MR) is 76.1 cm³/mol. The van der Waals surface area contributed by atoms with Crippen molar-refractivity contribution in [2.45, 2.75) is 18.4 Å². The van der Waals surface area contributed by atoms with Crippen LogP contribution < -0.4 is 4.72 Å². The third kappa shape index (κ3) is 2.45. The number of nitrogens with one attached hydrogen (secondary N) is 1. The van der Waals surface area contributed by atoms with Gasteiger partial charge in [-0.3, -0.25) is 9.38 Å². The lowest BCUT2D eigenvalue weighted by Gasteiger charge is -2.04. The summed E-state index contributed by atoms with van der Waals surface area (Å²) in [6.45, 7) is 2.14. The molecule has 0 saturated heterocycles. The Bertz CT molecular complexity index is 837. The highest BCUT2D eigenvalue weighted by molar-refractivity contribution is 7.89. The molecule has 3 aromatic rings. The number of aromatic nitrogens is 3. The molecular formula is C12H12N4O2S2. The van der Waals surface area contributed by atoms with Gasteiger partial charge in [0, 0.05) is 29.7 Å². The third-order valence-corrected chi connectivity index (χ3v) is 5.17. The summed E-state index contributed by atoms with van der Waals surface area (Å²) in [6.07, 6.45) is 4.69. The van der Waals surface area contributed by atoms with Crippen LogP contribution in [0.5, 0.6) is 0 Å². The van der Waals surface area contributed by atoms with E-state index in [1.807, 2.05) is 22.9 Å². The Morgan fingerprint density at radius 3 is 3.00 bits per heavy atom. The van der Waals surface area contributed by atoms with Gasteiger partial charge in [0.25, 0.3) is 0 Å². The van der Waals surface area contributed by atoms with Gasteiger partial charge < -0.3 is 0 Å². The highest BCUT2D eigenvalue weighted by Gasteiger charge is 2.14. The van der Waals surface area contributed by atoms with E-state index in [0.717, 1.165) is 10.7 Å². The van der Waals surface area contributed by atoms with Gasteiger partial charge in [0.15, 0.2) is 4.96 Å². The minimum Gasteiger partial charge on any atom is -0.295 e. The zero-order chi connectivity index (χ0) is 14.2.